The van der Waals surface area contributed by atoms with Crippen molar-refractivity contribution in [2.45, 2.75) is 0 Å². The predicted molar refractivity (Wildman–Crippen MR) is 63.3 cm³/mol. The number of rotatable bonds is 0. The van der Waals surface area contributed by atoms with Gasteiger partial charge in [-0.1, -0.05) is 30.3 Å². The average Bonchev–Trinajstić information content (AvgIpc) is 2.61. The zero-order valence-electron chi connectivity index (χ0n) is 8.81. The van der Waals surface area contributed by atoms with Crippen LogP contribution in [-0.2, 0) is 0 Å². The SMILES string of the molecule is O=C1/C(=C\O)C(=O)c2c1ccc1ccccc21. The normalized spacial score (nSPS) is 16.8. The molecule has 1 aliphatic carbocycles. The van der Waals surface area contributed by atoms with Gasteiger partial charge in [0.2, 0.25) is 11.6 Å². The van der Waals surface area contributed by atoms with Gasteiger partial charge in [-0.15, -0.1) is 0 Å². The van der Waals surface area contributed by atoms with Crippen LogP contribution in [0.25, 0.3) is 10.8 Å². The van der Waals surface area contributed by atoms with Crippen molar-refractivity contribution in [3.05, 3.63) is 59.4 Å². The third-order valence-corrected chi connectivity index (χ3v) is 3.02. The molecule has 3 nitrogen and oxygen atoms in total. The lowest BCUT2D eigenvalue weighted by Gasteiger charge is -2.01. The van der Waals surface area contributed by atoms with E-state index in [9.17, 15) is 9.59 Å². The van der Waals surface area contributed by atoms with Crippen molar-refractivity contribution in [3.8, 4) is 0 Å². The molecule has 0 unspecified atom stereocenters. The molecule has 2 aromatic rings. The highest BCUT2D eigenvalue weighted by Crippen LogP contribution is 2.32. The van der Waals surface area contributed by atoms with Gasteiger partial charge in [-0.2, -0.15) is 0 Å². The number of benzene rings is 2. The van der Waals surface area contributed by atoms with E-state index in [4.69, 9.17) is 5.11 Å². The van der Waals surface area contributed by atoms with Gasteiger partial charge in [-0.05, 0) is 16.8 Å². The van der Waals surface area contributed by atoms with Gasteiger partial charge in [-0.3, -0.25) is 9.59 Å². The Hall–Kier alpha value is -2.42. The standard InChI is InChI=1S/C14H8O3/c15-7-11-13(16)10-6-5-8-3-1-2-4-9(8)12(10)14(11)17/h1-7,15H/b11-7+. The number of Topliss-reactive ketones (excluding diaryl/α,β-unsaturated/α-hetero) is 2. The summed E-state index contributed by atoms with van der Waals surface area (Å²) in [7, 11) is 0. The van der Waals surface area contributed by atoms with Gasteiger partial charge in [0.15, 0.2) is 0 Å². The Balaban J connectivity index is 2.45. The largest absolute Gasteiger partial charge is 0.515 e. The first-order valence-electron chi connectivity index (χ1n) is 5.19. The Kier molecular flexibility index (Phi) is 1.89. The number of aliphatic hydroxyl groups excluding tert-OH is 1. The number of carbonyl (C=O) groups excluding carboxylic acids is 2. The number of hydrogen-bond donors (Lipinski definition) is 1. The van der Waals surface area contributed by atoms with E-state index in [1.807, 2.05) is 18.2 Å². The van der Waals surface area contributed by atoms with Gasteiger partial charge in [0, 0.05) is 11.1 Å². The Morgan fingerprint density at radius 2 is 1.71 bits per heavy atom. The van der Waals surface area contributed by atoms with E-state index in [0.717, 1.165) is 10.8 Å². The summed E-state index contributed by atoms with van der Waals surface area (Å²) < 4.78 is 0. The Morgan fingerprint density at radius 3 is 2.47 bits per heavy atom. The topological polar surface area (TPSA) is 54.4 Å². The fraction of sp³-hybridized carbons (Fsp3) is 0. The first kappa shape index (κ1) is 9.78. The van der Waals surface area contributed by atoms with Gasteiger partial charge < -0.3 is 5.11 Å². The van der Waals surface area contributed by atoms with Crippen molar-refractivity contribution in [2.75, 3.05) is 0 Å². The molecule has 17 heavy (non-hydrogen) atoms. The van der Waals surface area contributed by atoms with Crippen LogP contribution in [0.5, 0.6) is 0 Å². The summed E-state index contributed by atoms with van der Waals surface area (Å²) >= 11 is 0. The summed E-state index contributed by atoms with van der Waals surface area (Å²) in [4.78, 5) is 23.8. The molecule has 0 saturated heterocycles. The second kappa shape index (κ2) is 3.28. The van der Waals surface area contributed by atoms with E-state index in [-0.39, 0.29) is 5.57 Å². The van der Waals surface area contributed by atoms with Crippen molar-refractivity contribution in [2.24, 2.45) is 0 Å². The minimum Gasteiger partial charge on any atom is -0.515 e. The van der Waals surface area contributed by atoms with Crippen LogP contribution >= 0.6 is 0 Å². The van der Waals surface area contributed by atoms with Crippen LogP contribution in [0.1, 0.15) is 20.7 Å². The molecule has 0 aliphatic heterocycles. The van der Waals surface area contributed by atoms with Crippen LogP contribution in [-0.4, -0.2) is 16.7 Å². The van der Waals surface area contributed by atoms with Crippen LogP contribution in [0.2, 0.25) is 0 Å². The molecule has 1 N–H and O–H groups in total. The lowest BCUT2D eigenvalue weighted by molar-refractivity contribution is 0.0985. The van der Waals surface area contributed by atoms with Crippen LogP contribution in [0.4, 0.5) is 0 Å². The van der Waals surface area contributed by atoms with Gasteiger partial charge in [-0.25, -0.2) is 0 Å². The smallest absolute Gasteiger partial charge is 0.201 e. The molecular formula is C14H8O3. The molecule has 0 fully saturated rings. The molecule has 3 rings (SSSR count). The van der Waals surface area contributed by atoms with E-state index in [1.165, 1.54) is 0 Å². The fourth-order valence-electron chi connectivity index (χ4n) is 2.21. The maximum Gasteiger partial charge on any atom is 0.201 e. The van der Waals surface area contributed by atoms with Crippen molar-refractivity contribution in [3.63, 3.8) is 0 Å². The second-order valence-corrected chi connectivity index (χ2v) is 3.91. The van der Waals surface area contributed by atoms with E-state index in [0.29, 0.717) is 17.4 Å². The predicted octanol–water partition coefficient (Wildman–Crippen LogP) is 2.66. The summed E-state index contributed by atoms with van der Waals surface area (Å²) in [6.07, 6.45) is 0.597. The van der Waals surface area contributed by atoms with Crippen LogP contribution in [0, 0.1) is 0 Å². The minimum atomic E-state index is -0.404. The highest BCUT2D eigenvalue weighted by molar-refractivity contribution is 6.42. The Morgan fingerprint density at radius 1 is 0.941 bits per heavy atom. The van der Waals surface area contributed by atoms with Gasteiger partial charge in [0.05, 0.1) is 6.26 Å². The zero-order chi connectivity index (χ0) is 12.0. The van der Waals surface area contributed by atoms with Crippen molar-refractivity contribution in [1.82, 2.24) is 0 Å². The molecule has 0 heterocycles. The molecule has 0 radical (unpaired) electrons. The zero-order valence-corrected chi connectivity index (χ0v) is 8.81. The average molecular weight is 224 g/mol. The number of fused-ring (bicyclic) bond motifs is 3. The molecule has 0 amide bonds. The van der Waals surface area contributed by atoms with E-state index in [2.05, 4.69) is 0 Å². The number of allylic oxidation sites excluding steroid dienone is 1. The molecule has 0 saturated carbocycles. The summed E-state index contributed by atoms with van der Waals surface area (Å²) in [5, 5.41) is 10.6. The fourth-order valence-corrected chi connectivity index (χ4v) is 2.21. The quantitative estimate of drug-likeness (QED) is 0.425. The van der Waals surface area contributed by atoms with Crippen LogP contribution in [0.3, 0.4) is 0 Å². The number of carbonyl (C=O) groups is 2. The molecule has 0 bridgehead atoms. The summed E-state index contributed by atoms with van der Waals surface area (Å²) in [5.41, 5.74) is 0.610. The highest BCUT2D eigenvalue weighted by atomic mass is 16.2. The lowest BCUT2D eigenvalue weighted by Crippen LogP contribution is -2.00. The van der Waals surface area contributed by atoms with Crippen molar-refractivity contribution >= 4 is 22.3 Å². The molecule has 0 aromatic heterocycles. The van der Waals surface area contributed by atoms with Crippen molar-refractivity contribution in [1.29, 1.82) is 0 Å². The molecule has 82 valence electrons. The summed E-state index contributed by atoms with van der Waals surface area (Å²) in [6, 6.07) is 10.8. The third kappa shape index (κ3) is 1.16. The van der Waals surface area contributed by atoms with Gasteiger partial charge in [0.1, 0.15) is 5.57 Å². The molecule has 2 aromatic carbocycles. The van der Waals surface area contributed by atoms with Crippen LogP contribution in [0.15, 0.2) is 48.2 Å². The first-order valence-corrected chi connectivity index (χ1v) is 5.19. The molecule has 0 atom stereocenters. The summed E-state index contributed by atoms with van der Waals surface area (Å²) in [6.45, 7) is 0. The monoisotopic (exact) mass is 224 g/mol. The molecule has 3 heteroatoms. The van der Waals surface area contributed by atoms with E-state index < -0.39 is 11.6 Å². The molecule has 1 aliphatic rings. The molecular weight excluding hydrogens is 216 g/mol. The van der Waals surface area contributed by atoms with E-state index in [1.54, 1.807) is 18.2 Å². The lowest BCUT2D eigenvalue weighted by atomic mass is 10.0. The maximum absolute atomic E-state index is 12.0. The third-order valence-electron chi connectivity index (χ3n) is 3.02. The number of aliphatic hydroxyl groups is 1. The summed E-state index contributed by atoms with van der Waals surface area (Å²) in [5.74, 6) is -0.803. The first-order chi connectivity index (χ1) is 8.24. The Bertz CT molecular complexity index is 696. The second-order valence-electron chi connectivity index (χ2n) is 3.91. The Labute approximate surface area is 97.0 Å². The minimum absolute atomic E-state index is 0.156. The number of hydrogen-bond acceptors (Lipinski definition) is 3. The van der Waals surface area contributed by atoms with Gasteiger partial charge in [0.25, 0.3) is 0 Å². The molecule has 0 spiro atoms. The van der Waals surface area contributed by atoms with Crippen molar-refractivity contribution < 1.29 is 14.7 Å². The number of ketones is 2. The van der Waals surface area contributed by atoms with Gasteiger partial charge >= 0.3 is 0 Å². The van der Waals surface area contributed by atoms with Crippen LogP contribution < -0.4 is 0 Å². The van der Waals surface area contributed by atoms with E-state index >= 15 is 0 Å². The highest BCUT2D eigenvalue weighted by Gasteiger charge is 2.34. The maximum atomic E-state index is 12.0.